The fourth-order valence-electron chi connectivity index (χ4n) is 2.13. The molecule has 0 saturated heterocycles. The van der Waals surface area contributed by atoms with Crippen LogP contribution in [0.4, 0.5) is 11.6 Å². The summed E-state index contributed by atoms with van der Waals surface area (Å²) in [5.74, 6) is 0.266. The Balaban J connectivity index is 2.23. The van der Waals surface area contributed by atoms with Crippen LogP contribution in [0, 0.1) is 20.8 Å². The van der Waals surface area contributed by atoms with E-state index in [1.165, 1.54) is 0 Å². The zero-order valence-electron chi connectivity index (χ0n) is 14.4. The number of nitrogens with one attached hydrogen (secondary N) is 2. The summed E-state index contributed by atoms with van der Waals surface area (Å²) in [4.78, 5) is 21.2. The zero-order chi connectivity index (χ0) is 17.0. The third-order valence-electron chi connectivity index (χ3n) is 3.72. The van der Waals surface area contributed by atoms with Crippen molar-refractivity contribution in [3.8, 4) is 0 Å². The number of benzene rings is 1. The minimum atomic E-state index is -0.226. The lowest BCUT2D eigenvalue weighted by Crippen LogP contribution is -2.20. The van der Waals surface area contributed by atoms with Crippen LogP contribution in [0.25, 0.3) is 0 Å². The van der Waals surface area contributed by atoms with E-state index in [4.69, 9.17) is 0 Å². The van der Waals surface area contributed by atoms with Crippen molar-refractivity contribution < 1.29 is 4.79 Å². The molecule has 1 unspecified atom stereocenters. The van der Waals surface area contributed by atoms with Crippen LogP contribution in [0.5, 0.6) is 0 Å². The van der Waals surface area contributed by atoms with Gasteiger partial charge in [0, 0.05) is 17.4 Å². The van der Waals surface area contributed by atoms with Crippen LogP contribution in [-0.4, -0.2) is 21.9 Å². The normalized spacial score (nSPS) is 11.9. The summed E-state index contributed by atoms with van der Waals surface area (Å²) in [6.45, 7) is 9.97. The van der Waals surface area contributed by atoms with Crippen molar-refractivity contribution in [3.63, 3.8) is 0 Å². The molecule has 1 aromatic carbocycles. The van der Waals surface area contributed by atoms with Gasteiger partial charge >= 0.3 is 0 Å². The molecule has 1 amide bonds. The number of rotatable bonds is 5. The second-order valence-electron chi connectivity index (χ2n) is 5.94. The summed E-state index contributed by atoms with van der Waals surface area (Å²) in [5.41, 5.74) is 4.06. The maximum Gasteiger partial charge on any atom is 0.274 e. The molecule has 23 heavy (non-hydrogen) atoms. The van der Waals surface area contributed by atoms with Crippen LogP contribution in [0.15, 0.2) is 24.3 Å². The van der Waals surface area contributed by atoms with Gasteiger partial charge < -0.3 is 10.6 Å². The number of carbonyl (C=O) groups is 1. The van der Waals surface area contributed by atoms with Gasteiger partial charge in [0.15, 0.2) is 0 Å². The minimum Gasteiger partial charge on any atom is -0.352 e. The lowest BCUT2D eigenvalue weighted by Gasteiger charge is -2.13. The van der Waals surface area contributed by atoms with Crippen molar-refractivity contribution in [2.24, 2.45) is 0 Å². The first-order valence-electron chi connectivity index (χ1n) is 7.90. The SMILES string of the molecule is CCC(C)Nc1nc(C)cc(C(=O)Nc2cc(C)ccc2C)n1. The molecule has 5 heteroatoms. The molecule has 5 nitrogen and oxygen atoms in total. The topological polar surface area (TPSA) is 66.9 Å². The molecule has 2 aromatic rings. The minimum absolute atomic E-state index is 0.226. The van der Waals surface area contributed by atoms with Crippen LogP contribution in [0.2, 0.25) is 0 Å². The van der Waals surface area contributed by atoms with Gasteiger partial charge in [0.05, 0.1) is 0 Å². The van der Waals surface area contributed by atoms with Gasteiger partial charge in [-0.3, -0.25) is 4.79 Å². The Morgan fingerprint density at radius 2 is 1.91 bits per heavy atom. The molecule has 122 valence electrons. The second kappa shape index (κ2) is 7.22. The van der Waals surface area contributed by atoms with Crippen molar-refractivity contribution in [1.82, 2.24) is 9.97 Å². The lowest BCUT2D eigenvalue weighted by atomic mass is 10.1. The van der Waals surface area contributed by atoms with Gasteiger partial charge in [0.1, 0.15) is 5.69 Å². The highest BCUT2D eigenvalue weighted by Crippen LogP contribution is 2.17. The first kappa shape index (κ1) is 16.9. The van der Waals surface area contributed by atoms with E-state index in [2.05, 4.69) is 34.4 Å². The maximum absolute atomic E-state index is 12.5. The van der Waals surface area contributed by atoms with Gasteiger partial charge in [-0.2, -0.15) is 0 Å². The molecular formula is C18H24N4O. The molecule has 1 aromatic heterocycles. The molecule has 0 aliphatic heterocycles. The summed E-state index contributed by atoms with van der Waals surface area (Å²) in [6, 6.07) is 7.92. The Labute approximate surface area is 137 Å². The van der Waals surface area contributed by atoms with Crippen LogP contribution in [0.3, 0.4) is 0 Å². The Morgan fingerprint density at radius 1 is 1.17 bits per heavy atom. The van der Waals surface area contributed by atoms with Crippen LogP contribution < -0.4 is 10.6 Å². The molecule has 1 atom stereocenters. The summed E-state index contributed by atoms with van der Waals surface area (Å²) >= 11 is 0. The number of anilines is 2. The quantitative estimate of drug-likeness (QED) is 0.879. The number of aryl methyl sites for hydroxylation is 3. The van der Waals surface area contributed by atoms with Crippen molar-refractivity contribution in [2.45, 2.75) is 47.1 Å². The fraction of sp³-hybridized carbons (Fsp3) is 0.389. The lowest BCUT2D eigenvalue weighted by molar-refractivity contribution is 0.102. The highest BCUT2D eigenvalue weighted by atomic mass is 16.1. The standard InChI is InChI=1S/C18H24N4O/c1-6-13(4)19-18-20-14(5)10-16(22-18)17(23)21-15-9-11(2)7-8-12(15)3/h7-10,13H,6H2,1-5H3,(H,21,23)(H,19,20,22). The predicted octanol–water partition coefficient (Wildman–Crippen LogP) is 3.86. The van der Waals surface area contributed by atoms with Gasteiger partial charge in [-0.05, 0) is 57.4 Å². The monoisotopic (exact) mass is 312 g/mol. The summed E-state index contributed by atoms with van der Waals surface area (Å²) in [7, 11) is 0. The highest BCUT2D eigenvalue weighted by Gasteiger charge is 2.13. The van der Waals surface area contributed by atoms with Crippen molar-refractivity contribution in [1.29, 1.82) is 0 Å². The van der Waals surface area contributed by atoms with Gasteiger partial charge in [-0.25, -0.2) is 9.97 Å². The van der Waals surface area contributed by atoms with E-state index in [1.807, 2.05) is 39.0 Å². The van der Waals surface area contributed by atoms with E-state index in [0.29, 0.717) is 11.6 Å². The maximum atomic E-state index is 12.5. The molecule has 0 aliphatic carbocycles. The Kier molecular flexibility index (Phi) is 5.32. The average molecular weight is 312 g/mol. The third kappa shape index (κ3) is 4.52. The number of amides is 1. The average Bonchev–Trinajstić information content (AvgIpc) is 2.50. The molecule has 2 rings (SSSR count). The number of nitrogens with zero attached hydrogens (tertiary/aromatic N) is 2. The molecular weight excluding hydrogens is 288 g/mol. The number of aromatic nitrogens is 2. The van der Waals surface area contributed by atoms with E-state index in [9.17, 15) is 4.79 Å². The number of hydrogen-bond donors (Lipinski definition) is 2. The molecule has 0 aliphatic rings. The fourth-order valence-corrected chi connectivity index (χ4v) is 2.13. The van der Waals surface area contributed by atoms with Crippen LogP contribution in [-0.2, 0) is 0 Å². The summed E-state index contributed by atoms with van der Waals surface area (Å²) in [6.07, 6.45) is 0.960. The Morgan fingerprint density at radius 3 is 2.61 bits per heavy atom. The van der Waals surface area contributed by atoms with Crippen LogP contribution in [0.1, 0.15) is 47.6 Å². The van der Waals surface area contributed by atoms with Gasteiger partial charge in [-0.1, -0.05) is 19.1 Å². The van der Waals surface area contributed by atoms with Gasteiger partial charge in [-0.15, -0.1) is 0 Å². The van der Waals surface area contributed by atoms with Crippen molar-refractivity contribution in [3.05, 3.63) is 46.8 Å². The van der Waals surface area contributed by atoms with E-state index in [-0.39, 0.29) is 11.9 Å². The molecule has 2 N–H and O–H groups in total. The first-order chi connectivity index (χ1) is 10.9. The molecule has 0 fully saturated rings. The first-order valence-corrected chi connectivity index (χ1v) is 7.90. The van der Waals surface area contributed by atoms with E-state index in [0.717, 1.165) is 28.9 Å². The molecule has 0 bridgehead atoms. The molecule has 1 heterocycles. The van der Waals surface area contributed by atoms with Crippen LogP contribution >= 0.6 is 0 Å². The number of hydrogen-bond acceptors (Lipinski definition) is 4. The van der Waals surface area contributed by atoms with E-state index < -0.39 is 0 Å². The molecule has 0 spiro atoms. The predicted molar refractivity (Wildman–Crippen MR) is 94.0 cm³/mol. The third-order valence-corrected chi connectivity index (χ3v) is 3.72. The van der Waals surface area contributed by atoms with E-state index >= 15 is 0 Å². The molecule has 0 radical (unpaired) electrons. The van der Waals surface area contributed by atoms with Gasteiger partial charge in [0.2, 0.25) is 5.95 Å². The number of carbonyl (C=O) groups excluding carboxylic acids is 1. The van der Waals surface area contributed by atoms with Gasteiger partial charge in [0.25, 0.3) is 5.91 Å². The Bertz CT molecular complexity index is 712. The van der Waals surface area contributed by atoms with E-state index in [1.54, 1.807) is 6.07 Å². The Hall–Kier alpha value is -2.43. The van der Waals surface area contributed by atoms with Crippen molar-refractivity contribution >= 4 is 17.5 Å². The highest BCUT2D eigenvalue weighted by molar-refractivity contribution is 6.03. The van der Waals surface area contributed by atoms with Crippen molar-refractivity contribution in [2.75, 3.05) is 10.6 Å². The summed E-state index contributed by atoms with van der Waals surface area (Å²) in [5, 5.41) is 6.14. The summed E-state index contributed by atoms with van der Waals surface area (Å²) < 4.78 is 0. The largest absolute Gasteiger partial charge is 0.352 e. The smallest absolute Gasteiger partial charge is 0.274 e. The zero-order valence-corrected chi connectivity index (χ0v) is 14.4. The second-order valence-corrected chi connectivity index (χ2v) is 5.94. The molecule has 0 saturated carbocycles.